The van der Waals surface area contributed by atoms with Crippen LogP contribution >= 0.6 is 0 Å². The molecule has 0 saturated carbocycles. The SMILES string of the molecule is O=C(Cc1cccc(-c2cccc(CO)c2)c1F)NCC1CNC(=O)O1. The average Bonchev–Trinajstić information content (AvgIpc) is 3.07. The summed E-state index contributed by atoms with van der Waals surface area (Å²) in [6.07, 6.45) is -1.04. The van der Waals surface area contributed by atoms with Crippen LogP contribution in [0.3, 0.4) is 0 Å². The molecule has 0 bridgehead atoms. The first kappa shape index (κ1) is 17.9. The molecule has 1 heterocycles. The normalized spacial score (nSPS) is 16.1. The van der Waals surface area contributed by atoms with Gasteiger partial charge in [0.2, 0.25) is 5.91 Å². The van der Waals surface area contributed by atoms with Crippen molar-refractivity contribution in [3.05, 3.63) is 59.4 Å². The van der Waals surface area contributed by atoms with Crippen LogP contribution in [0.2, 0.25) is 0 Å². The number of nitrogens with one attached hydrogen (secondary N) is 2. The lowest BCUT2D eigenvalue weighted by Crippen LogP contribution is -2.35. The van der Waals surface area contributed by atoms with Gasteiger partial charge < -0.3 is 20.5 Å². The fourth-order valence-electron chi connectivity index (χ4n) is 2.79. The zero-order chi connectivity index (χ0) is 18.5. The second kappa shape index (κ2) is 7.97. The van der Waals surface area contributed by atoms with E-state index in [-0.39, 0.29) is 31.0 Å². The number of alkyl carbamates (subject to hydrolysis) is 1. The minimum absolute atomic E-state index is 0.118. The van der Waals surface area contributed by atoms with E-state index >= 15 is 0 Å². The van der Waals surface area contributed by atoms with Crippen LogP contribution in [0.25, 0.3) is 11.1 Å². The molecular formula is C19H19FN2O4. The van der Waals surface area contributed by atoms with Crippen molar-refractivity contribution in [2.75, 3.05) is 13.1 Å². The summed E-state index contributed by atoms with van der Waals surface area (Å²) in [6, 6.07) is 11.9. The van der Waals surface area contributed by atoms with E-state index in [1.165, 1.54) is 0 Å². The Hall–Kier alpha value is -2.93. The molecule has 2 aromatic rings. The first-order valence-electron chi connectivity index (χ1n) is 8.25. The quantitative estimate of drug-likeness (QED) is 0.734. The fraction of sp³-hybridized carbons (Fsp3) is 0.263. The molecule has 1 aliphatic heterocycles. The number of aliphatic hydroxyl groups excluding tert-OH is 1. The lowest BCUT2D eigenvalue weighted by atomic mass is 9.99. The van der Waals surface area contributed by atoms with Gasteiger partial charge in [-0.15, -0.1) is 0 Å². The first-order chi connectivity index (χ1) is 12.6. The van der Waals surface area contributed by atoms with Crippen molar-refractivity contribution in [2.45, 2.75) is 19.1 Å². The summed E-state index contributed by atoms with van der Waals surface area (Å²) >= 11 is 0. The summed E-state index contributed by atoms with van der Waals surface area (Å²) in [5.41, 5.74) is 1.97. The minimum atomic E-state index is -0.506. The van der Waals surface area contributed by atoms with Gasteiger partial charge in [0.1, 0.15) is 11.9 Å². The molecule has 0 aliphatic carbocycles. The maximum Gasteiger partial charge on any atom is 0.407 e. The van der Waals surface area contributed by atoms with Crippen LogP contribution < -0.4 is 10.6 Å². The summed E-state index contributed by atoms with van der Waals surface area (Å²) in [7, 11) is 0. The van der Waals surface area contributed by atoms with Crippen molar-refractivity contribution < 1.29 is 23.8 Å². The van der Waals surface area contributed by atoms with Crippen LogP contribution in [-0.4, -0.2) is 36.3 Å². The predicted octanol–water partition coefficient (Wildman–Crippen LogP) is 1.75. The molecule has 0 radical (unpaired) electrons. The standard InChI is InChI=1S/C19H19FN2O4/c20-18-14(8-17(24)21-9-15-10-22-19(25)26-15)5-2-6-16(18)13-4-1-3-12(7-13)11-23/h1-7,15,23H,8-11H2,(H,21,24)(H,22,25). The molecule has 1 unspecified atom stereocenters. The van der Waals surface area contributed by atoms with E-state index in [9.17, 15) is 19.1 Å². The average molecular weight is 358 g/mol. The van der Waals surface area contributed by atoms with Gasteiger partial charge in [-0.1, -0.05) is 36.4 Å². The Kier molecular flexibility index (Phi) is 5.48. The summed E-state index contributed by atoms with van der Waals surface area (Å²) in [4.78, 5) is 23.0. The van der Waals surface area contributed by atoms with Crippen molar-refractivity contribution in [1.82, 2.24) is 10.6 Å². The third kappa shape index (κ3) is 4.18. The van der Waals surface area contributed by atoms with Gasteiger partial charge in [-0.05, 0) is 22.8 Å². The highest BCUT2D eigenvalue weighted by Crippen LogP contribution is 2.26. The zero-order valence-electron chi connectivity index (χ0n) is 14.0. The number of benzene rings is 2. The van der Waals surface area contributed by atoms with Crippen molar-refractivity contribution in [1.29, 1.82) is 0 Å². The third-order valence-corrected chi connectivity index (χ3v) is 4.12. The van der Waals surface area contributed by atoms with Gasteiger partial charge in [0, 0.05) is 5.56 Å². The lowest BCUT2D eigenvalue weighted by Gasteiger charge is -2.11. The summed E-state index contributed by atoms with van der Waals surface area (Å²) in [5, 5.41) is 14.4. The number of ether oxygens (including phenoxy) is 1. The first-order valence-corrected chi connectivity index (χ1v) is 8.25. The number of aliphatic hydroxyl groups is 1. The van der Waals surface area contributed by atoms with Crippen LogP contribution in [0.15, 0.2) is 42.5 Å². The summed E-state index contributed by atoms with van der Waals surface area (Å²) < 4.78 is 19.8. The molecule has 2 amide bonds. The Morgan fingerprint density at radius 2 is 2.12 bits per heavy atom. The molecule has 6 nitrogen and oxygen atoms in total. The molecule has 26 heavy (non-hydrogen) atoms. The van der Waals surface area contributed by atoms with Gasteiger partial charge in [0.25, 0.3) is 0 Å². The minimum Gasteiger partial charge on any atom is -0.442 e. The van der Waals surface area contributed by atoms with Gasteiger partial charge in [-0.2, -0.15) is 0 Å². The van der Waals surface area contributed by atoms with Crippen LogP contribution in [0.4, 0.5) is 9.18 Å². The molecule has 0 aromatic heterocycles. The molecule has 1 saturated heterocycles. The van der Waals surface area contributed by atoms with Crippen LogP contribution in [0, 0.1) is 5.82 Å². The third-order valence-electron chi connectivity index (χ3n) is 4.12. The van der Waals surface area contributed by atoms with Crippen molar-refractivity contribution in [3.63, 3.8) is 0 Å². The van der Waals surface area contributed by atoms with Crippen LogP contribution in [0.5, 0.6) is 0 Å². The van der Waals surface area contributed by atoms with Gasteiger partial charge in [-0.3, -0.25) is 4.79 Å². The van der Waals surface area contributed by atoms with E-state index in [1.54, 1.807) is 42.5 Å². The maximum atomic E-state index is 14.8. The predicted molar refractivity (Wildman–Crippen MR) is 92.7 cm³/mol. The van der Waals surface area contributed by atoms with Crippen molar-refractivity contribution in [3.8, 4) is 11.1 Å². The van der Waals surface area contributed by atoms with Crippen molar-refractivity contribution in [2.24, 2.45) is 0 Å². The number of carbonyl (C=O) groups excluding carboxylic acids is 2. The highest BCUT2D eigenvalue weighted by atomic mass is 19.1. The Morgan fingerprint density at radius 1 is 1.31 bits per heavy atom. The van der Waals surface area contributed by atoms with Crippen LogP contribution in [-0.2, 0) is 22.6 Å². The second-order valence-corrected chi connectivity index (χ2v) is 6.03. The Balaban J connectivity index is 1.68. The number of rotatable bonds is 6. The zero-order valence-corrected chi connectivity index (χ0v) is 14.0. The number of carbonyl (C=O) groups is 2. The molecule has 7 heteroatoms. The fourth-order valence-corrected chi connectivity index (χ4v) is 2.79. The number of halogens is 1. The molecule has 3 rings (SSSR count). The molecule has 1 aliphatic rings. The van der Waals surface area contributed by atoms with Gasteiger partial charge in [0.15, 0.2) is 0 Å². The second-order valence-electron chi connectivity index (χ2n) is 6.03. The van der Waals surface area contributed by atoms with Crippen LogP contribution in [0.1, 0.15) is 11.1 Å². The topological polar surface area (TPSA) is 87.7 Å². The van der Waals surface area contributed by atoms with Crippen molar-refractivity contribution >= 4 is 12.0 Å². The highest BCUT2D eigenvalue weighted by Gasteiger charge is 2.23. The van der Waals surface area contributed by atoms with E-state index in [0.29, 0.717) is 23.2 Å². The molecule has 1 atom stereocenters. The molecule has 1 fully saturated rings. The molecular weight excluding hydrogens is 339 g/mol. The highest BCUT2D eigenvalue weighted by molar-refractivity contribution is 5.79. The van der Waals surface area contributed by atoms with E-state index in [2.05, 4.69) is 10.6 Å². The number of cyclic esters (lactones) is 1. The van der Waals surface area contributed by atoms with Gasteiger partial charge >= 0.3 is 6.09 Å². The monoisotopic (exact) mass is 358 g/mol. The number of hydrogen-bond donors (Lipinski definition) is 3. The summed E-state index contributed by atoms with van der Waals surface area (Å²) in [5.74, 6) is -0.820. The molecule has 3 N–H and O–H groups in total. The van der Waals surface area contributed by atoms with E-state index in [4.69, 9.17) is 4.74 Å². The molecule has 2 aromatic carbocycles. The Labute approximate surface area is 150 Å². The summed E-state index contributed by atoms with van der Waals surface area (Å²) in [6.45, 7) is 0.389. The smallest absolute Gasteiger partial charge is 0.407 e. The van der Waals surface area contributed by atoms with E-state index in [0.717, 1.165) is 0 Å². The van der Waals surface area contributed by atoms with Gasteiger partial charge in [0.05, 0.1) is 26.1 Å². The Bertz CT molecular complexity index is 825. The van der Waals surface area contributed by atoms with E-state index < -0.39 is 18.0 Å². The largest absolute Gasteiger partial charge is 0.442 e. The number of hydrogen-bond acceptors (Lipinski definition) is 4. The lowest BCUT2D eigenvalue weighted by molar-refractivity contribution is -0.120. The maximum absolute atomic E-state index is 14.8. The molecule has 0 spiro atoms. The Morgan fingerprint density at radius 3 is 2.85 bits per heavy atom. The van der Waals surface area contributed by atoms with Gasteiger partial charge in [-0.25, -0.2) is 9.18 Å². The molecule has 136 valence electrons. The van der Waals surface area contributed by atoms with E-state index in [1.807, 2.05) is 0 Å². The number of amides is 2.